The van der Waals surface area contributed by atoms with Crippen LogP contribution in [0.3, 0.4) is 0 Å². The van der Waals surface area contributed by atoms with Crippen LogP contribution in [0.15, 0.2) is 18.5 Å². The summed E-state index contributed by atoms with van der Waals surface area (Å²) in [6.07, 6.45) is 7.90. The van der Waals surface area contributed by atoms with Crippen molar-refractivity contribution >= 4 is 5.69 Å². The second-order valence-electron chi connectivity index (χ2n) is 5.12. The van der Waals surface area contributed by atoms with Gasteiger partial charge in [0.05, 0.1) is 11.9 Å². The zero-order valence-electron chi connectivity index (χ0n) is 11.7. The third-order valence-electron chi connectivity index (χ3n) is 3.99. The van der Waals surface area contributed by atoms with Crippen molar-refractivity contribution in [2.45, 2.75) is 39.7 Å². The van der Waals surface area contributed by atoms with Crippen molar-refractivity contribution in [1.29, 1.82) is 0 Å². The highest BCUT2D eigenvalue weighted by Gasteiger charge is 2.19. The molecule has 0 radical (unpaired) electrons. The summed E-state index contributed by atoms with van der Waals surface area (Å²) < 4.78 is 0. The van der Waals surface area contributed by atoms with Crippen LogP contribution in [-0.2, 0) is 6.54 Å². The highest BCUT2D eigenvalue weighted by atomic mass is 15.1. The lowest BCUT2D eigenvalue weighted by atomic mass is 9.94. The maximum absolute atomic E-state index is 4.30. The van der Waals surface area contributed by atoms with Gasteiger partial charge in [-0.15, -0.1) is 0 Å². The van der Waals surface area contributed by atoms with Gasteiger partial charge in [0.2, 0.25) is 0 Å². The van der Waals surface area contributed by atoms with E-state index in [0.717, 1.165) is 19.0 Å². The lowest BCUT2D eigenvalue weighted by Crippen LogP contribution is -2.34. The number of aromatic nitrogens is 1. The maximum Gasteiger partial charge on any atom is 0.0598 e. The van der Waals surface area contributed by atoms with Crippen molar-refractivity contribution in [3.05, 3.63) is 24.0 Å². The summed E-state index contributed by atoms with van der Waals surface area (Å²) in [5.74, 6) is 0.926. The van der Waals surface area contributed by atoms with Gasteiger partial charge in [0.25, 0.3) is 0 Å². The molecule has 0 amide bonds. The molecule has 0 aromatic carbocycles. The Balaban J connectivity index is 2.03. The van der Waals surface area contributed by atoms with E-state index in [2.05, 4.69) is 35.1 Å². The number of nitrogens with one attached hydrogen (secondary N) is 1. The van der Waals surface area contributed by atoms with Crippen LogP contribution < -0.4 is 10.2 Å². The van der Waals surface area contributed by atoms with Crippen molar-refractivity contribution in [3.63, 3.8) is 0 Å². The number of nitrogens with zero attached hydrogens (tertiary/aromatic N) is 2. The molecule has 0 saturated carbocycles. The molecule has 100 valence electrons. The van der Waals surface area contributed by atoms with E-state index in [-0.39, 0.29) is 0 Å². The fourth-order valence-corrected chi connectivity index (χ4v) is 2.69. The van der Waals surface area contributed by atoms with Crippen molar-refractivity contribution < 1.29 is 0 Å². The summed E-state index contributed by atoms with van der Waals surface area (Å²) in [6, 6.07) is 2.14. The van der Waals surface area contributed by atoms with E-state index in [4.69, 9.17) is 0 Å². The van der Waals surface area contributed by atoms with Gasteiger partial charge in [-0.05, 0) is 36.9 Å². The molecule has 0 spiro atoms. The first kappa shape index (κ1) is 13.3. The summed E-state index contributed by atoms with van der Waals surface area (Å²) in [5, 5.41) is 3.41. The molecule has 3 heteroatoms. The Labute approximate surface area is 111 Å². The molecule has 1 fully saturated rings. The second-order valence-corrected chi connectivity index (χ2v) is 5.12. The fourth-order valence-electron chi connectivity index (χ4n) is 2.69. The molecule has 2 rings (SSSR count). The van der Waals surface area contributed by atoms with Crippen LogP contribution in [0, 0.1) is 5.92 Å². The van der Waals surface area contributed by atoms with Gasteiger partial charge in [-0.3, -0.25) is 4.98 Å². The van der Waals surface area contributed by atoms with E-state index in [1.54, 1.807) is 0 Å². The number of anilines is 1. The lowest BCUT2D eigenvalue weighted by Gasteiger charge is -2.34. The Bertz CT molecular complexity index is 357. The van der Waals surface area contributed by atoms with Crippen LogP contribution in [0.1, 0.15) is 38.7 Å². The van der Waals surface area contributed by atoms with Crippen LogP contribution >= 0.6 is 0 Å². The number of hydrogen-bond acceptors (Lipinski definition) is 3. The highest BCUT2D eigenvalue weighted by Crippen LogP contribution is 2.26. The van der Waals surface area contributed by atoms with E-state index in [0.29, 0.717) is 0 Å². The molecule has 3 nitrogen and oxygen atoms in total. The molecule has 1 aromatic heterocycles. The molecule has 0 aliphatic carbocycles. The van der Waals surface area contributed by atoms with Gasteiger partial charge in [0, 0.05) is 25.8 Å². The zero-order valence-corrected chi connectivity index (χ0v) is 11.7. The summed E-state index contributed by atoms with van der Waals surface area (Å²) in [5.41, 5.74) is 2.70. The Morgan fingerprint density at radius 3 is 2.78 bits per heavy atom. The molecule has 0 unspecified atom stereocenters. The average Bonchev–Trinajstić information content (AvgIpc) is 2.45. The van der Waals surface area contributed by atoms with Crippen LogP contribution in [0.5, 0.6) is 0 Å². The molecule has 1 aromatic rings. The van der Waals surface area contributed by atoms with E-state index >= 15 is 0 Å². The standard InChI is InChI=1S/C15H25N3/c1-3-13-6-9-18(10-7-13)15-12-17-8-5-14(15)11-16-4-2/h5,8,12-13,16H,3-4,6-7,9-11H2,1-2H3. The average molecular weight is 247 g/mol. The monoisotopic (exact) mass is 247 g/mol. The van der Waals surface area contributed by atoms with Crippen molar-refractivity contribution in [3.8, 4) is 0 Å². The molecule has 1 saturated heterocycles. The quantitative estimate of drug-likeness (QED) is 0.867. The topological polar surface area (TPSA) is 28.2 Å². The minimum atomic E-state index is 0.926. The third-order valence-corrected chi connectivity index (χ3v) is 3.99. The van der Waals surface area contributed by atoms with E-state index < -0.39 is 0 Å². The SMILES string of the molecule is CCNCc1ccncc1N1CCC(CC)CC1. The molecule has 1 N–H and O–H groups in total. The van der Waals surface area contributed by atoms with Gasteiger partial charge in [0.15, 0.2) is 0 Å². The van der Waals surface area contributed by atoms with Crippen LogP contribution in [0.25, 0.3) is 0 Å². The minimum absolute atomic E-state index is 0.926. The number of rotatable bonds is 5. The number of piperidine rings is 1. The van der Waals surface area contributed by atoms with Crippen molar-refractivity contribution in [1.82, 2.24) is 10.3 Å². The summed E-state index contributed by atoms with van der Waals surface area (Å²) >= 11 is 0. The fraction of sp³-hybridized carbons (Fsp3) is 0.667. The maximum atomic E-state index is 4.30. The molecule has 18 heavy (non-hydrogen) atoms. The predicted octanol–water partition coefficient (Wildman–Crippen LogP) is 2.82. The zero-order chi connectivity index (χ0) is 12.8. The minimum Gasteiger partial charge on any atom is -0.370 e. The van der Waals surface area contributed by atoms with Gasteiger partial charge in [-0.25, -0.2) is 0 Å². The molecule has 1 aliphatic heterocycles. The molecule has 0 bridgehead atoms. The highest BCUT2D eigenvalue weighted by molar-refractivity contribution is 5.51. The molecule has 0 atom stereocenters. The normalized spacial score (nSPS) is 17.1. The summed E-state index contributed by atoms with van der Waals surface area (Å²) in [6.45, 7) is 8.78. The van der Waals surface area contributed by atoms with E-state index in [9.17, 15) is 0 Å². The van der Waals surface area contributed by atoms with Gasteiger partial charge in [0.1, 0.15) is 0 Å². The smallest absolute Gasteiger partial charge is 0.0598 e. The molecular weight excluding hydrogens is 222 g/mol. The Morgan fingerprint density at radius 2 is 2.11 bits per heavy atom. The third kappa shape index (κ3) is 3.22. The van der Waals surface area contributed by atoms with Crippen LogP contribution in [0.4, 0.5) is 5.69 Å². The second kappa shape index (κ2) is 6.74. The van der Waals surface area contributed by atoms with Crippen molar-refractivity contribution in [2.75, 3.05) is 24.5 Å². The largest absolute Gasteiger partial charge is 0.370 e. The summed E-state index contributed by atoms with van der Waals surface area (Å²) in [4.78, 5) is 6.80. The molecule has 2 heterocycles. The first-order valence-electron chi connectivity index (χ1n) is 7.23. The van der Waals surface area contributed by atoms with Gasteiger partial charge in [-0.2, -0.15) is 0 Å². The van der Waals surface area contributed by atoms with Crippen LogP contribution in [0.2, 0.25) is 0 Å². The predicted molar refractivity (Wildman–Crippen MR) is 76.8 cm³/mol. The first-order valence-corrected chi connectivity index (χ1v) is 7.23. The number of pyridine rings is 1. The van der Waals surface area contributed by atoms with Gasteiger partial charge in [-0.1, -0.05) is 20.3 Å². The van der Waals surface area contributed by atoms with Gasteiger partial charge >= 0.3 is 0 Å². The molecule has 1 aliphatic rings. The first-order chi connectivity index (χ1) is 8.85. The van der Waals surface area contributed by atoms with E-state index in [1.807, 2.05) is 12.4 Å². The Hall–Kier alpha value is -1.09. The molecular formula is C15H25N3. The van der Waals surface area contributed by atoms with Crippen molar-refractivity contribution in [2.24, 2.45) is 5.92 Å². The van der Waals surface area contributed by atoms with Gasteiger partial charge < -0.3 is 10.2 Å². The van der Waals surface area contributed by atoms with E-state index in [1.165, 1.54) is 43.6 Å². The lowest BCUT2D eigenvalue weighted by molar-refractivity contribution is 0.394. The summed E-state index contributed by atoms with van der Waals surface area (Å²) in [7, 11) is 0. The Kier molecular flexibility index (Phi) is 5.00. The van der Waals surface area contributed by atoms with Crippen LogP contribution in [-0.4, -0.2) is 24.6 Å². The Morgan fingerprint density at radius 1 is 1.33 bits per heavy atom. The number of hydrogen-bond donors (Lipinski definition) is 1.